The Morgan fingerprint density at radius 1 is 1.16 bits per heavy atom. The first kappa shape index (κ1) is 20.6. The Kier molecular flexibility index (Phi) is 5.83. The largest absolute Gasteiger partial charge is 0.485 e. The number of thioether (sulfide) groups is 1. The average Bonchev–Trinajstić information content (AvgIpc) is 3.45. The molecule has 0 spiro atoms. The van der Waals surface area contributed by atoms with Crippen LogP contribution in [0, 0.1) is 0 Å². The summed E-state index contributed by atoms with van der Waals surface area (Å²) < 4.78 is 19.3. The fourth-order valence-corrected chi connectivity index (χ4v) is 4.26. The van der Waals surface area contributed by atoms with E-state index in [1.165, 1.54) is 11.8 Å². The predicted molar refractivity (Wildman–Crippen MR) is 120 cm³/mol. The van der Waals surface area contributed by atoms with Gasteiger partial charge in [0.1, 0.15) is 6.61 Å². The van der Waals surface area contributed by atoms with Crippen LogP contribution in [0.15, 0.2) is 70.9 Å². The van der Waals surface area contributed by atoms with Gasteiger partial charge in [-0.05, 0) is 24.3 Å². The van der Waals surface area contributed by atoms with E-state index in [1.54, 1.807) is 18.2 Å². The molecule has 3 heterocycles. The van der Waals surface area contributed by atoms with E-state index in [-0.39, 0.29) is 6.10 Å². The first-order chi connectivity index (χ1) is 15.7. The van der Waals surface area contributed by atoms with Crippen molar-refractivity contribution in [3.05, 3.63) is 77.9 Å². The normalized spacial score (nSPS) is 15.0. The number of rotatable bonds is 7. The van der Waals surface area contributed by atoms with Gasteiger partial charge in [-0.1, -0.05) is 58.9 Å². The maximum absolute atomic E-state index is 6.10. The molecule has 0 fully saturated rings. The van der Waals surface area contributed by atoms with E-state index in [9.17, 15) is 0 Å². The van der Waals surface area contributed by atoms with Crippen molar-refractivity contribution in [2.75, 3.05) is 6.61 Å². The van der Waals surface area contributed by atoms with Gasteiger partial charge in [0.05, 0.1) is 5.75 Å². The summed E-state index contributed by atoms with van der Waals surface area (Å²) in [5.41, 5.74) is 0.796. The van der Waals surface area contributed by atoms with Crippen LogP contribution in [0.3, 0.4) is 0 Å². The van der Waals surface area contributed by atoms with Crippen molar-refractivity contribution in [3.63, 3.8) is 0 Å². The Bertz CT molecular complexity index is 1260. The summed E-state index contributed by atoms with van der Waals surface area (Å²) in [7, 11) is 0. The van der Waals surface area contributed by atoms with E-state index in [2.05, 4.69) is 26.9 Å². The lowest BCUT2D eigenvalue weighted by molar-refractivity contribution is 0.0821. The molecule has 32 heavy (non-hydrogen) atoms. The number of hydrogen-bond acceptors (Lipinski definition) is 8. The van der Waals surface area contributed by atoms with Gasteiger partial charge in [0.15, 0.2) is 28.6 Å². The number of benzene rings is 2. The quantitative estimate of drug-likeness (QED) is 0.278. The molecule has 8 nitrogen and oxygen atoms in total. The highest BCUT2D eigenvalue weighted by atomic mass is 35.5. The van der Waals surface area contributed by atoms with Crippen LogP contribution in [0.5, 0.6) is 11.5 Å². The monoisotopic (exact) mass is 467 g/mol. The fraction of sp³-hybridized carbons (Fsp3) is 0.182. The minimum Gasteiger partial charge on any atom is -0.485 e. The summed E-state index contributed by atoms with van der Waals surface area (Å²) in [5.74, 6) is 3.49. The van der Waals surface area contributed by atoms with Crippen molar-refractivity contribution in [2.45, 2.75) is 23.6 Å². The van der Waals surface area contributed by atoms with Gasteiger partial charge in [0.2, 0.25) is 11.7 Å². The molecule has 5 rings (SSSR count). The molecule has 0 bridgehead atoms. The Morgan fingerprint density at radius 3 is 2.88 bits per heavy atom. The number of para-hydroxylation sites is 2. The van der Waals surface area contributed by atoms with Crippen LogP contribution in [0.2, 0.25) is 5.02 Å². The van der Waals surface area contributed by atoms with Crippen molar-refractivity contribution in [3.8, 4) is 22.9 Å². The Balaban J connectivity index is 1.32. The second-order valence-electron chi connectivity index (χ2n) is 6.92. The molecule has 0 saturated heterocycles. The topological polar surface area (TPSA) is 88.1 Å². The SMILES string of the molecule is C=CCn1c(SCc2nc(-c3cccc(Cl)c3)no2)nnc1[C@H]1COc2ccccc2O1. The van der Waals surface area contributed by atoms with Gasteiger partial charge in [-0.2, -0.15) is 4.98 Å². The van der Waals surface area contributed by atoms with E-state index in [1.807, 2.05) is 41.0 Å². The second-order valence-corrected chi connectivity index (χ2v) is 8.29. The van der Waals surface area contributed by atoms with E-state index in [0.29, 0.717) is 52.4 Å². The first-order valence-electron chi connectivity index (χ1n) is 9.85. The van der Waals surface area contributed by atoms with Crippen LogP contribution in [-0.4, -0.2) is 31.5 Å². The lowest BCUT2D eigenvalue weighted by Gasteiger charge is -2.26. The molecular weight excluding hydrogens is 450 g/mol. The molecule has 4 aromatic rings. The minimum absolute atomic E-state index is 0.351. The van der Waals surface area contributed by atoms with Crippen molar-refractivity contribution in [1.82, 2.24) is 24.9 Å². The molecule has 2 aromatic heterocycles. The van der Waals surface area contributed by atoms with Crippen LogP contribution < -0.4 is 9.47 Å². The standard InChI is InChI=1S/C22H18ClN5O3S/c1-2-10-28-21(18-12-29-16-8-3-4-9-17(16)30-18)25-26-22(28)32-13-19-24-20(27-31-19)14-6-5-7-15(23)11-14/h2-9,11,18H,1,10,12-13H2/t18-/m1/s1. The fourth-order valence-electron chi connectivity index (χ4n) is 3.28. The molecule has 0 radical (unpaired) electrons. The van der Waals surface area contributed by atoms with E-state index in [0.717, 1.165) is 11.3 Å². The summed E-state index contributed by atoms with van der Waals surface area (Å²) in [6.45, 7) is 4.73. The zero-order valence-corrected chi connectivity index (χ0v) is 18.4. The summed E-state index contributed by atoms with van der Waals surface area (Å²) in [6.07, 6.45) is 1.42. The molecule has 0 amide bonds. The van der Waals surface area contributed by atoms with Gasteiger partial charge in [-0.25, -0.2) is 0 Å². The Hall–Kier alpha value is -3.30. The maximum atomic E-state index is 6.10. The third kappa shape index (κ3) is 4.21. The van der Waals surface area contributed by atoms with Gasteiger partial charge in [0, 0.05) is 17.1 Å². The van der Waals surface area contributed by atoms with Gasteiger partial charge >= 0.3 is 0 Å². The number of hydrogen-bond donors (Lipinski definition) is 0. The molecule has 0 aliphatic carbocycles. The zero-order chi connectivity index (χ0) is 21.9. The lowest BCUT2D eigenvalue weighted by Crippen LogP contribution is -2.25. The number of ether oxygens (including phenoxy) is 2. The molecule has 0 N–H and O–H groups in total. The minimum atomic E-state index is -0.371. The number of allylic oxidation sites excluding steroid dienone is 1. The highest BCUT2D eigenvalue weighted by molar-refractivity contribution is 7.98. The van der Waals surface area contributed by atoms with Gasteiger partial charge < -0.3 is 14.0 Å². The molecule has 0 saturated carbocycles. The molecule has 0 unspecified atom stereocenters. The summed E-state index contributed by atoms with van der Waals surface area (Å²) >= 11 is 7.49. The number of fused-ring (bicyclic) bond motifs is 1. The molecule has 1 atom stereocenters. The lowest BCUT2D eigenvalue weighted by atomic mass is 10.2. The molecule has 10 heteroatoms. The van der Waals surface area contributed by atoms with Gasteiger partial charge in [-0.15, -0.1) is 16.8 Å². The van der Waals surface area contributed by atoms with E-state index >= 15 is 0 Å². The van der Waals surface area contributed by atoms with E-state index < -0.39 is 0 Å². The smallest absolute Gasteiger partial charge is 0.237 e. The van der Waals surface area contributed by atoms with Crippen LogP contribution >= 0.6 is 23.4 Å². The summed E-state index contributed by atoms with van der Waals surface area (Å²) in [5, 5.41) is 14.1. The molecular formula is C22H18ClN5O3S. The summed E-state index contributed by atoms with van der Waals surface area (Å²) in [4.78, 5) is 4.45. The van der Waals surface area contributed by atoms with Crippen molar-refractivity contribution in [2.24, 2.45) is 0 Å². The van der Waals surface area contributed by atoms with Gasteiger partial charge in [-0.3, -0.25) is 4.57 Å². The van der Waals surface area contributed by atoms with E-state index in [4.69, 9.17) is 25.6 Å². The van der Waals surface area contributed by atoms with Crippen LogP contribution in [-0.2, 0) is 12.3 Å². The van der Waals surface area contributed by atoms with Crippen molar-refractivity contribution in [1.29, 1.82) is 0 Å². The van der Waals surface area contributed by atoms with Crippen molar-refractivity contribution >= 4 is 23.4 Å². The van der Waals surface area contributed by atoms with Crippen LogP contribution in [0.1, 0.15) is 17.8 Å². The summed E-state index contributed by atoms with van der Waals surface area (Å²) in [6, 6.07) is 14.9. The number of nitrogens with zero attached hydrogens (tertiary/aromatic N) is 5. The third-order valence-corrected chi connectivity index (χ3v) is 5.92. The number of aromatic nitrogens is 5. The Labute approximate surface area is 193 Å². The average molecular weight is 468 g/mol. The molecule has 2 aromatic carbocycles. The molecule has 1 aliphatic rings. The predicted octanol–water partition coefficient (Wildman–Crippen LogP) is 4.97. The second kappa shape index (κ2) is 9.05. The number of halogens is 1. The van der Waals surface area contributed by atoms with Crippen LogP contribution in [0.25, 0.3) is 11.4 Å². The first-order valence-corrected chi connectivity index (χ1v) is 11.2. The van der Waals surface area contributed by atoms with Gasteiger partial charge in [0.25, 0.3) is 0 Å². The highest BCUT2D eigenvalue weighted by Crippen LogP contribution is 2.36. The maximum Gasteiger partial charge on any atom is 0.237 e. The highest BCUT2D eigenvalue weighted by Gasteiger charge is 2.28. The Morgan fingerprint density at radius 2 is 2.03 bits per heavy atom. The van der Waals surface area contributed by atoms with Crippen LogP contribution in [0.4, 0.5) is 0 Å². The molecule has 162 valence electrons. The van der Waals surface area contributed by atoms with Crippen molar-refractivity contribution < 1.29 is 14.0 Å². The zero-order valence-electron chi connectivity index (χ0n) is 16.8. The molecule has 1 aliphatic heterocycles. The third-order valence-electron chi connectivity index (χ3n) is 4.73.